The molecule has 0 heterocycles. The number of hydrogen-bond acceptors (Lipinski definition) is 4. The predicted molar refractivity (Wildman–Crippen MR) is 112 cm³/mol. The van der Waals surface area contributed by atoms with E-state index in [4.69, 9.17) is 16.3 Å². The average molecular weight is 425 g/mol. The molecule has 0 aliphatic carbocycles. The number of nitrogens with one attached hydrogen (secondary N) is 2. The van der Waals surface area contributed by atoms with E-state index in [1.54, 1.807) is 36.4 Å². The normalized spacial score (nSPS) is 11.5. The fourth-order valence-electron chi connectivity index (χ4n) is 2.41. The van der Waals surface area contributed by atoms with Gasteiger partial charge < -0.3 is 10.1 Å². The van der Waals surface area contributed by atoms with Crippen LogP contribution in [0.1, 0.15) is 31.4 Å². The summed E-state index contributed by atoms with van der Waals surface area (Å²) in [7, 11) is -3.66. The first-order chi connectivity index (χ1) is 13.1. The Bertz CT molecular complexity index is 959. The maximum absolute atomic E-state index is 12.3. The molecule has 0 bridgehead atoms. The molecule has 0 saturated carbocycles. The molecule has 0 aliphatic heterocycles. The molecule has 28 heavy (non-hydrogen) atoms. The number of sulfonamides is 1. The molecule has 0 saturated heterocycles. The highest BCUT2D eigenvalue weighted by molar-refractivity contribution is 7.89. The number of anilines is 1. The summed E-state index contributed by atoms with van der Waals surface area (Å²) >= 11 is 6.14. The number of carbonyl (C=O) groups excluding carboxylic acids is 1. The van der Waals surface area contributed by atoms with E-state index >= 15 is 0 Å². The van der Waals surface area contributed by atoms with Crippen LogP contribution in [0.25, 0.3) is 0 Å². The van der Waals surface area contributed by atoms with Crippen molar-refractivity contribution in [3.8, 4) is 5.75 Å². The molecule has 2 aromatic rings. The third-order valence-corrected chi connectivity index (χ3v) is 5.77. The van der Waals surface area contributed by atoms with Crippen LogP contribution in [0.2, 0.25) is 5.02 Å². The van der Waals surface area contributed by atoms with Crippen LogP contribution in [0.15, 0.2) is 41.3 Å². The highest BCUT2D eigenvalue weighted by Crippen LogP contribution is 2.28. The second-order valence-electron chi connectivity index (χ2n) is 6.75. The lowest BCUT2D eigenvalue weighted by atomic mass is 10.1. The Labute approximate surface area is 171 Å². The van der Waals surface area contributed by atoms with Gasteiger partial charge in [0.25, 0.3) is 0 Å². The second kappa shape index (κ2) is 9.41. The first-order valence-electron chi connectivity index (χ1n) is 8.91. The summed E-state index contributed by atoms with van der Waals surface area (Å²) in [4.78, 5) is 12.3. The van der Waals surface area contributed by atoms with Crippen molar-refractivity contribution in [3.05, 3.63) is 52.5 Å². The first-order valence-corrected chi connectivity index (χ1v) is 10.8. The molecule has 6 nitrogen and oxygen atoms in total. The molecule has 0 spiro atoms. The van der Waals surface area contributed by atoms with E-state index in [1.807, 2.05) is 27.7 Å². The fourth-order valence-corrected chi connectivity index (χ4v) is 3.76. The van der Waals surface area contributed by atoms with Crippen LogP contribution >= 0.6 is 11.6 Å². The highest BCUT2D eigenvalue weighted by atomic mass is 35.5. The molecule has 0 aliphatic rings. The highest BCUT2D eigenvalue weighted by Gasteiger charge is 2.15. The number of amides is 1. The van der Waals surface area contributed by atoms with Gasteiger partial charge >= 0.3 is 0 Å². The van der Waals surface area contributed by atoms with Gasteiger partial charge in [0, 0.05) is 18.7 Å². The predicted octanol–water partition coefficient (Wildman–Crippen LogP) is 4.05. The third kappa shape index (κ3) is 6.22. The second-order valence-corrected chi connectivity index (χ2v) is 8.93. The summed E-state index contributed by atoms with van der Waals surface area (Å²) in [6.45, 7) is 7.54. The van der Waals surface area contributed by atoms with E-state index in [1.165, 1.54) is 0 Å². The number of hydrogen-bond donors (Lipinski definition) is 2. The van der Waals surface area contributed by atoms with Gasteiger partial charge in [-0.15, -0.1) is 0 Å². The molecule has 2 aromatic carbocycles. The Hall–Kier alpha value is -2.09. The molecule has 1 amide bonds. The van der Waals surface area contributed by atoms with Crippen molar-refractivity contribution in [1.82, 2.24) is 4.72 Å². The quantitative estimate of drug-likeness (QED) is 0.669. The van der Waals surface area contributed by atoms with Gasteiger partial charge in [-0.3, -0.25) is 4.79 Å². The Kier molecular flexibility index (Phi) is 7.46. The van der Waals surface area contributed by atoms with Gasteiger partial charge in [0.15, 0.2) is 0 Å². The van der Waals surface area contributed by atoms with Gasteiger partial charge in [0.2, 0.25) is 15.9 Å². The number of rotatable bonds is 8. The molecule has 0 unspecified atom stereocenters. The smallest absolute Gasteiger partial charge is 0.240 e. The van der Waals surface area contributed by atoms with Gasteiger partial charge in [0.05, 0.1) is 16.0 Å². The van der Waals surface area contributed by atoms with E-state index in [0.717, 1.165) is 11.1 Å². The summed E-state index contributed by atoms with van der Waals surface area (Å²) in [5, 5.41) is 3.08. The largest absolute Gasteiger partial charge is 0.489 e. The topological polar surface area (TPSA) is 84.5 Å². The number of halogens is 1. The van der Waals surface area contributed by atoms with Gasteiger partial charge in [-0.25, -0.2) is 13.1 Å². The third-order valence-electron chi connectivity index (χ3n) is 4.01. The number of aryl methyl sites for hydroxylation is 2. The number of carbonyl (C=O) groups is 1. The zero-order valence-corrected chi connectivity index (χ0v) is 17.9. The van der Waals surface area contributed by atoms with Crippen molar-refractivity contribution < 1.29 is 17.9 Å². The Morgan fingerprint density at radius 1 is 1.11 bits per heavy atom. The van der Waals surface area contributed by atoms with Crippen molar-refractivity contribution in [3.63, 3.8) is 0 Å². The lowest BCUT2D eigenvalue weighted by Crippen LogP contribution is -2.28. The summed E-state index contributed by atoms with van der Waals surface area (Å²) in [6.07, 6.45) is -0.0188. The van der Waals surface area contributed by atoms with Crippen molar-refractivity contribution in [2.45, 2.75) is 45.1 Å². The summed E-state index contributed by atoms with van der Waals surface area (Å²) < 4.78 is 32.7. The maximum atomic E-state index is 12.3. The van der Waals surface area contributed by atoms with Crippen molar-refractivity contribution >= 4 is 33.2 Å². The van der Waals surface area contributed by atoms with E-state index in [-0.39, 0.29) is 29.9 Å². The molecule has 152 valence electrons. The molecular weight excluding hydrogens is 400 g/mol. The molecular formula is C20H25ClN2O4S. The minimum Gasteiger partial charge on any atom is -0.489 e. The van der Waals surface area contributed by atoms with Crippen molar-refractivity contribution in [1.29, 1.82) is 0 Å². The number of ether oxygens (including phenoxy) is 1. The van der Waals surface area contributed by atoms with Crippen molar-refractivity contribution in [2.24, 2.45) is 0 Å². The van der Waals surface area contributed by atoms with E-state index in [2.05, 4.69) is 10.0 Å². The summed E-state index contributed by atoms with van der Waals surface area (Å²) in [6, 6.07) is 9.87. The Balaban J connectivity index is 1.90. The summed E-state index contributed by atoms with van der Waals surface area (Å²) in [5.74, 6) is 0.215. The van der Waals surface area contributed by atoms with Crippen LogP contribution in [-0.4, -0.2) is 27.0 Å². The molecule has 8 heteroatoms. The van der Waals surface area contributed by atoms with Crippen LogP contribution in [0.5, 0.6) is 5.75 Å². The molecule has 0 radical (unpaired) electrons. The van der Waals surface area contributed by atoms with Gasteiger partial charge in [-0.05, 0) is 69.2 Å². The summed E-state index contributed by atoms with van der Waals surface area (Å²) in [5.41, 5.74) is 2.42. The minimum atomic E-state index is -3.66. The van der Waals surface area contributed by atoms with Crippen molar-refractivity contribution in [2.75, 3.05) is 11.9 Å². The molecule has 0 atom stereocenters. The van der Waals surface area contributed by atoms with Gasteiger partial charge in [-0.1, -0.05) is 17.7 Å². The lowest BCUT2D eigenvalue weighted by Gasteiger charge is -2.13. The van der Waals surface area contributed by atoms with Crippen LogP contribution in [-0.2, 0) is 14.8 Å². The standard InChI is InChI=1S/C20H25ClN2O4S/c1-13(2)27-19-8-6-16(12-18(19)21)23-20(24)9-10-22-28(25,26)17-7-5-14(3)15(4)11-17/h5-8,11-13,22H,9-10H2,1-4H3,(H,23,24). The van der Waals surface area contributed by atoms with E-state index < -0.39 is 10.0 Å². The molecule has 2 rings (SSSR count). The van der Waals surface area contributed by atoms with E-state index in [9.17, 15) is 13.2 Å². The monoisotopic (exact) mass is 424 g/mol. The average Bonchev–Trinajstić information content (AvgIpc) is 2.59. The Morgan fingerprint density at radius 2 is 1.82 bits per heavy atom. The maximum Gasteiger partial charge on any atom is 0.240 e. The zero-order chi connectivity index (χ0) is 20.9. The molecule has 0 aromatic heterocycles. The zero-order valence-electron chi connectivity index (χ0n) is 16.4. The van der Waals surface area contributed by atoms with Crippen LogP contribution in [0.4, 0.5) is 5.69 Å². The lowest BCUT2D eigenvalue weighted by molar-refractivity contribution is -0.116. The van der Waals surface area contributed by atoms with Crippen LogP contribution in [0, 0.1) is 13.8 Å². The fraction of sp³-hybridized carbons (Fsp3) is 0.350. The van der Waals surface area contributed by atoms with Gasteiger partial charge in [-0.2, -0.15) is 0 Å². The Morgan fingerprint density at radius 3 is 2.43 bits per heavy atom. The van der Waals surface area contributed by atoms with E-state index in [0.29, 0.717) is 16.5 Å². The molecule has 0 fully saturated rings. The van der Waals surface area contributed by atoms with Crippen LogP contribution < -0.4 is 14.8 Å². The van der Waals surface area contributed by atoms with Gasteiger partial charge in [0.1, 0.15) is 5.75 Å². The number of benzene rings is 2. The molecule has 2 N–H and O–H groups in total. The van der Waals surface area contributed by atoms with Crippen LogP contribution in [0.3, 0.4) is 0 Å². The first kappa shape index (κ1) is 22.2. The minimum absolute atomic E-state index is 0.00800. The SMILES string of the molecule is Cc1ccc(S(=O)(=O)NCCC(=O)Nc2ccc(OC(C)C)c(Cl)c2)cc1C.